The fourth-order valence-corrected chi connectivity index (χ4v) is 7.79. The van der Waals surface area contributed by atoms with Crippen LogP contribution in [0, 0.1) is 0 Å². The highest BCUT2D eigenvalue weighted by molar-refractivity contribution is 7.45. The molecule has 0 aliphatic heterocycles. The zero-order valence-electron chi connectivity index (χ0n) is 40.4. The molecule has 0 aromatic heterocycles. The van der Waals surface area contributed by atoms with Crippen molar-refractivity contribution < 1.29 is 32.9 Å². The Kier molecular flexibility index (Phi) is 42.2. The van der Waals surface area contributed by atoms with Gasteiger partial charge in [-0.2, -0.15) is 0 Å². The number of amides is 1. The van der Waals surface area contributed by atoms with Crippen molar-refractivity contribution in [3.05, 3.63) is 60.8 Å². The first-order valence-corrected chi connectivity index (χ1v) is 26.6. The van der Waals surface area contributed by atoms with Gasteiger partial charge >= 0.3 is 0 Å². The highest BCUT2D eigenvalue weighted by Crippen LogP contribution is 2.38. The predicted molar refractivity (Wildman–Crippen MR) is 261 cm³/mol. The van der Waals surface area contributed by atoms with E-state index in [4.69, 9.17) is 9.05 Å². The fraction of sp³-hybridized carbons (Fsp3) is 0.788. The summed E-state index contributed by atoms with van der Waals surface area (Å²) in [4.78, 5) is 25.3. The standard InChI is InChI=1S/C52H97N2O6P/c1-6-8-10-12-14-16-17-18-19-20-21-22-23-24-25-26-27-28-29-30-31-32-33-34-35-36-37-38-40-42-44-46-52(56)53-50(49-60-61(57,58)59-48-47-54(3,4)5)51(55)45-43-41-39-15-13-11-9-7-2/h8,10,14,16,18-19,21-22,24-25,50-51,55H,6-7,9,11-13,15,17,20,23,26-49H2,1-5H3,(H-,53,56,57,58)/b10-8-,16-14-,19-18-,22-21-,25-24-. The number of phosphoric acid groups is 1. The van der Waals surface area contributed by atoms with Gasteiger partial charge in [-0.05, 0) is 57.8 Å². The summed E-state index contributed by atoms with van der Waals surface area (Å²) in [7, 11) is 1.30. The second-order valence-electron chi connectivity index (χ2n) is 18.1. The molecule has 0 spiro atoms. The largest absolute Gasteiger partial charge is 0.756 e. The predicted octanol–water partition coefficient (Wildman–Crippen LogP) is 14.0. The summed E-state index contributed by atoms with van der Waals surface area (Å²) in [5.74, 6) is -0.170. The number of allylic oxidation sites excluding steroid dienone is 10. The van der Waals surface area contributed by atoms with Crippen molar-refractivity contribution in [3.63, 3.8) is 0 Å². The molecule has 0 heterocycles. The number of hydrogen-bond donors (Lipinski definition) is 2. The minimum atomic E-state index is -4.56. The number of unbranched alkanes of at least 4 members (excludes halogenated alkanes) is 22. The molecule has 3 atom stereocenters. The number of aliphatic hydroxyl groups is 1. The summed E-state index contributed by atoms with van der Waals surface area (Å²) < 4.78 is 23.2. The van der Waals surface area contributed by atoms with E-state index in [1.807, 2.05) is 21.1 Å². The fourth-order valence-electron chi connectivity index (χ4n) is 7.07. The SMILES string of the molecule is CC/C=C\C/C=C\C/C=C\C/C=C\C/C=C\CCCCCCCCCCCCCCCCCC(=O)NC(COP(=O)([O-])OCC[N+](C)(C)C)C(O)CCCCCCCCCC. The van der Waals surface area contributed by atoms with Crippen LogP contribution in [0.2, 0.25) is 0 Å². The molecule has 356 valence electrons. The van der Waals surface area contributed by atoms with Crippen LogP contribution in [-0.2, 0) is 18.4 Å². The van der Waals surface area contributed by atoms with Crippen LogP contribution in [0.25, 0.3) is 0 Å². The molecule has 2 N–H and O–H groups in total. The quantitative estimate of drug-likeness (QED) is 0.0273. The maximum Gasteiger partial charge on any atom is 0.268 e. The van der Waals surface area contributed by atoms with Gasteiger partial charge in [0.2, 0.25) is 5.91 Å². The van der Waals surface area contributed by atoms with Crippen LogP contribution in [0.3, 0.4) is 0 Å². The molecule has 0 radical (unpaired) electrons. The number of carbonyl (C=O) groups excluding carboxylic acids is 1. The first kappa shape index (κ1) is 59.2. The molecule has 0 rings (SSSR count). The molecule has 0 fully saturated rings. The van der Waals surface area contributed by atoms with Gasteiger partial charge in [-0.1, -0.05) is 209 Å². The molecular weight excluding hydrogens is 780 g/mol. The minimum absolute atomic E-state index is 0.0107. The van der Waals surface area contributed by atoms with Crippen molar-refractivity contribution in [3.8, 4) is 0 Å². The van der Waals surface area contributed by atoms with E-state index in [9.17, 15) is 19.4 Å². The molecule has 1 amide bonds. The number of hydrogen-bond acceptors (Lipinski definition) is 6. The third-order valence-electron chi connectivity index (χ3n) is 11.0. The van der Waals surface area contributed by atoms with Gasteiger partial charge in [0.1, 0.15) is 13.2 Å². The Hall–Kier alpha value is -1.80. The molecule has 61 heavy (non-hydrogen) atoms. The third kappa shape index (κ3) is 46.0. The average molecular weight is 877 g/mol. The highest BCUT2D eigenvalue weighted by atomic mass is 31.2. The van der Waals surface area contributed by atoms with E-state index in [-0.39, 0.29) is 19.1 Å². The highest BCUT2D eigenvalue weighted by Gasteiger charge is 2.24. The summed E-state index contributed by atoms with van der Waals surface area (Å²) in [5.41, 5.74) is 0. The second-order valence-corrected chi connectivity index (χ2v) is 19.6. The average Bonchev–Trinajstić information content (AvgIpc) is 3.21. The van der Waals surface area contributed by atoms with Crippen LogP contribution >= 0.6 is 7.82 Å². The van der Waals surface area contributed by atoms with Crippen molar-refractivity contribution in [1.29, 1.82) is 0 Å². The first-order chi connectivity index (χ1) is 29.5. The van der Waals surface area contributed by atoms with Gasteiger partial charge in [-0.3, -0.25) is 9.36 Å². The molecule has 9 heteroatoms. The van der Waals surface area contributed by atoms with Crippen LogP contribution in [0.4, 0.5) is 0 Å². The van der Waals surface area contributed by atoms with Crippen LogP contribution in [-0.4, -0.2) is 68.5 Å². The number of rotatable bonds is 45. The summed E-state index contributed by atoms with van der Waals surface area (Å²) >= 11 is 0. The summed E-state index contributed by atoms with van der Waals surface area (Å²) in [5, 5.41) is 13.8. The molecular formula is C52H97N2O6P. The van der Waals surface area contributed by atoms with Gasteiger partial charge in [0, 0.05) is 6.42 Å². The van der Waals surface area contributed by atoms with Crippen LogP contribution in [0.5, 0.6) is 0 Å². The van der Waals surface area contributed by atoms with E-state index in [2.05, 4.69) is 79.9 Å². The number of aliphatic hydroxyl groups excluding tert-OH is 1. The maximum atomic E-state index is 12.9. The van der Waals surface area contributed by atoms with Crippen LogP contribution in [0.1, 0.15) is 213 Å². The van der Waals surface area contributed by atoms with Crippen LogP contribution < -0.4 is 10.2 Å². The van der Waals surface area contributed by atoms with Crippen molar-refractivity contribution in [2.75, 3.05) is 40.9 Å². The summed E-state index contributed by atoms with van der Waals surface area (Å²) in [6.07, 6.45) is 56.9. The van der Waals surface area contributed by atoms with E-state index in [0.717, 1.165) is 70.6 Å². The van der Waals surface area contributed by atoms with Gasteiger partial charge in [-0.15, -0.1) is 0 Å². The molecule has 0 bridgehead atoms. The Morgan fingerprint density at radius 2 is 1.00 bits per heavy atom. The lowest BCUT2D eigenvalue weighted by Gasteiger charge is -2.30. The lowest BCUT2D eigenvalue weighted by molar-refractivity contribution is -0.870. The second kappa shape index (κ2) is 43.5. The molecule has 3 unspecified atom stereocenters. The van der Waals surface area contributed by atoms with Crippen molar-refractivity contribution in [1.82, 2.24) is 5.32 Å². The van der Waals surface area contributed by atoms with Gasteiger partial charge < -0.3 is 28.8 Å². The number of quaternary nitrogens is 1. The van der Waals surface area contributed by atoms with E-state index in [1.54, 1.807) is 0 Å². The zero-order chi connectivity index (χ0) is 45.0. The first-order valence-electron chi connectivity index (χ1n) is 25.1. The Bertz CT molecular complexity index is 1180. The molecule has 0 aromatic rings. The smallest absolute Gasteiger partial charge is 0.268 e. The lowest BCUT2D eigenvalue weighted by Crippen LogP contribution is -2.46. The minimum Gasteiger partial charge on any atom is -0.756 e. The number of carbonyl (C=O) groups is 1. The summed E-state index contributed by atoms with van der Waals surface area (Å²) in [6, 6.07) is -0.799. The Labute approximate surface area is 377 Å². The molecule has 8 nitrogen and oxygen atoms in total. The zero-order valence-corrected chi connectivity index (χ0v) is 41.2. The van der Waals surface area contributed by atoms with E-state index in [0.29, 0.717) is 23.9 Å². The van der Waals surface area contributed by atoms with Crippen molar-refractivity contribution in [2.45, 2.75) is 225 Å². The van der Waals surface area contributed by atoms with E-state index < -0.39 is 20.0 Å². The van der Waals surface area contributed by atoms with Gasteiger partial charge in [0.15, 0.2) is 0 Å². The molecule has 0 saturated heterocycles. The van der Waals surface area contributed by atoms with Gasteiger partial charge in [0.05, 0.1) is 39.9 Å². The van der Waals surface area contributed by atoms with Crippen molar-refractivity contribution >= 4 is 13.7 Å². The normalized spacial score (nSPS) is 14.7. The number of nitrogens with one attached hydrogen (secondary N) is 1. The molecule has 0 aliphatic rings. The number of nitrogens with zero attached hydrogens (tertiary/aromatic N) is 1. The van der Waals surface area contributed by atoms with Crippen LogP contribution in [0.15, 0.2) is 60.8 Å². The van der Waals surface area contributed by atoms with Gasteiger partial charge in [0.25, 0.3) is 7.82 Å². The van der Waals surface area contributed by atoms with E-state index in [1.165, 1.54) is 116 Å². The molecule has 0 saturated carbocycles. The molecule has 0 aromatic carbocycles. The van der Waals surface area contributed by atoms with Crippen molar-refractivity contribution in [2.24, 2.45) is 0 Å². The molecule has 0 aliphatic carbocycles. The monoisotopic (exact) mass is 877 g/mol. The number of likely N-dealkylation sites (N-methyl/N-ethyl adjacent to an activating group) is 1. The van der Waals surface area contributed by atoms with Gasteiger partial charge in [-0.25, -0.2) is 0 Å². The summed E-state index contributed by atoms with van der Waals surface area (Å²) in [6.45, 7) is 4.56. The Morgan fingerprint density at radius 1 is 0.590 bits per heavy atom. The van der Waals surface area contributed by atoms with E-state index >= 15 is 0 Å². The maximum absolute atomic E-state index is 12.9. The topological polar surface area (TPSA) is 108 Å². The lowest BCUT2D eigenvalue weighted by atomic mass is 10.0. The Morgan fingerprint density at radius 3 is 1.46 bits per heavy atom. The number of phosphoric ester groups is 1. The third-order valence-corrected chi connectivity index (χ3v) is 12.0. The Balaban J connectivity index is 3.98.